The molecule has 2 rings (SSSR count). The molecule has 1 fully saturated rings. The molecule has 1 atom stereocenters. The van der Waals surface area contributed by atoms with Crippen molar-refractivity contribution >= 4 is 28.9 Å². The molecule has 4 heteroatoms. The van der Waals surface area contributed by atoms with Crippen molar-refractivity contribution < 1.29 is 5.11 Å². The van der Waals surface area contributed by atoms with E-state index in [-0.39, 0.29) is 6.10 Å². The van der Waals surface area contributed by atoms with Crippen molar-refractivity contribution in [3.63, 3.8) is 0 Å². The fourth-order valence-electron chi connectivity index (χ4n) is 2.58. The Labute approximate surface area is 118 Å². The number of hydrogen-bond acceptors (Lipinski definition) is 2. The smallest absolute Gasteiger partial charge is 0.0823 e. The van der Waals surface area contributed by atoms with Crippen molar-refractivity contribution in [2.24, 2.45) is 5.92 Å². The highest BCUT2D eigenvalue weighted by Crippen LogP contribution is 2.31. The number of hydrogen-bond donors (Lipinski definition) is 2. The van der Waals surface area contributed by atoms with E-state index in [2.05, 4.69) is 5.32 Å². The van der Waals surface area contributed by atoms with Crippen molar-refractivity contribution in [1.82, 2.24) is 0 Å². The maximum absolute atomic E-state index is 9.99. The summed E-state index contributed by atoms with van der Waals surface area (Å²) in [5.74, 6) is 0.691. The van der Waals surface area contributed by atoms with Gasteiger partial charge in [0.25, 0.3) is 0 Å². The molecule has 0 saturated heterocycles. The van der Waals surface area contributed by atoms with Crippen LogP contribution in [0.5, 0.6) is 0 Å². The first-order chi connectivity index (χ1) is 8.66. The highest BCUT2D eigenvalue weighted by molar-refractivity contribution is 6.43. The Morgan fingerprint density at radius 2 is 2.00 bits per heavy atom. The van der Waals surface area contributed by atoms with Crippen molar-refractivity contribution in [3.05, 3.63) is 28.2 Å². The number of benzene rings is 1. The molecule has 18 heavy (non-hydrogen) atoms. The number of aliphatic hydroxyl groups excluding tert-OH is 1. The van der Waals surface area contributed by atoms with Gasteiger partial charge >= 0.3 is 0 Å². The minimum absolute atomic E-state index is 0.317. The van der Waals surface area contributed by atoms with E-state index in [1.54, 1.807) is 6.07 Å². The van der Waals surface area contributed by atoms with Gasteiger partial charge in [0.2, 0.25) is 0 Å². The van der Waals surface area contributed by atoms with Crippen molar-refractivity contribution in [1.29, 1.82) is 0 Å². The molecule has 1 aliphatic rings. The third-order valence-electron chi connectivity index (χ3n) is 3.56. The van der Waals surface area contributed by atoms with Crippen LogP contribution >= 0.6 is 23.2 Å². The first-order valence-electron chi connectivity index (χ1n) is 6.52. The van der Waals surface area contributed by atoms with E-state index >= 15 is 0 Å². The van der Waals surface area contributed by atoms with Crippen LogP contribution in [-0.2, 0) is 0 Å². The Kier molecular flexibility index (Phi) is 5.16. The van der Waals surface area contributed by atoms with E-state index in [1.807, 2.05) is 12.1 Å². The number of rotatable bonds is 5. The van der Waals surface area contributed by atoms with E-state index < -0.39 is 0 Å². The van der Waals surface area contributed by atoms with Gasteiger partial charge in [-0.3, -0.25) is 0 Å². The maximum Gasteiger partial charge on any atom is 0.0823 e. The van der Waals surface area contributed by atoms with Crippen LogP contribution in [0.3, 0.4) is 0 Å². The lowest BCUT2D eigenvalue weighted by Crippen LogP contribution is -2.22. The standard InChI is InChI=1S/C14H19Cl2NO/c15-12-6-3-7-13(14(12)16)17-9-11(18)8-10-4-1-2-5-10/h3,6-7,10-11,17-18H,1-2,4-5,8-9H2. The van der Waals surface area contributed by atoms with Crippen molar-refractivity contribution in [3.8, 4) is 0 Å². The van der Waals surface area contributed by atoms with Crippen molar-refractivity contribution in [2.75, 3.05) is 11.9 Å². The van der Waals surface area contributed by atoms with Crippen LogP contribution in [0.25, 0.3) is 0 Å². The molecular formula is C14H19Cl2NO. The average Bonchev–Trinajstić information content (AvgIpc) is 2.84. The summed E-state index contributed by atoms with van der Waals surface area (Å²) in [5, 5.41) is 14.2. The number of anilines is 1. The minimum atomic E-state index is -0.317. The van der Waals surface area contributed by atoms with Crippen LogP contribution in [-0.4, -0.2) is 17.8 Å². The Bertz CT molecular complexity index is 391. The van der Waals surface area contributed by atoms with Crippen LogP contribution in [0.1, 0.15) is 32.1 Å². The van der Waals surface area contributed by atoms with E-state index in [0.717, 1.165) is 12.1 Å². The Hall–Kier alpha value is -0.440. The molecule has 1 aliphatic carbocycles. The molecule has 0 radical (unpaired) electrons. The fraction of sp³-hybridized carbons (Fsp3) is 0.571. The molecule has 1 saturated carbocycles. The lowest BCUT2D eigenvalue weighted by Gasteiger charge is -2.17. The highest BCUT2D eigenvalue weighted by atomic mass is 35.5. The Morgan fingerprint density at radius 3 is 2.72 bits per heavy atom. The molecule has 1 aromatic rings. The van der Waals surface area contributed by atoms with Crippen LogP contribution in [0.15, 0.2) is 18.2 Å². The Morgan fingerprint density at radius 1 is 1.28 bits per heavy atom. The molecule has 0 amide bonds. The zero-order chi connectivity index (χ0) is 13.0. The summed E-state index contributed by atoms with van der Waals surface area (Å²) in [5.41, 5.74) is 0.787. The molecule has 1 unspecified atom stereocenters. The molecular weight excluding hydrogens is 269 g/mol. The third-order valence-corrected chi connectivity index (χ3v) is 4.38. The highest BCUT2D eigenvalue weighted by Gasteiger charge is 2.18. The number of aliphatic hydroxyl groups is 1. The zero-order valence-corrected chi connectivity index (χ0v) is 11.8. The second-order valence-corrected chi connectivity index (χ2v) is 5.81. The summed E-state index contributed by atoms with van der Waals surface area (Å²) < 4.78 is 0. The second-order valence-electron chi connectivity index (χ2n) is 5.02. The van der Waals surface area contributed by atoms with Crippen LogP contribution in [0, 0.1) is 5.92 Å². The SMILES string of the molecule is OC(CNc1cccc(Cl)c1Cl)CC1CCCC1. The van der Waals surface area contributed by atoms with Gasteiger partial charge in [-0.15, -0.1) is 0 Å². The zero-order valence-electron chi connectivity index (χ0n) is 10.3. The fourth-order valence-corrected chi connectivity index (χ4v) is 2.95. The van der Waals surface area contributed by atoms with Gasteiger partial charge in [-0.05, 0) is 24.5 Å². The van der Waals surface area contributed by atoms with Gasteiger partial charge in [-0.25, -0.2) is 0 Å². The predicted molar refractivity (Wildman–Crippen MR) is 77.5 cm³/mol. The molecule has 0 heterocycles. The van der Waals surface area contributed by atoms with Gasteiger partial charge in [0, 0.05) is 6.54 Å². The molecule has 1 aromatic carbocycles. The monoisotopic (exact) mass is 287 g/mol. The lowest BCUT2D eigenvalue weighted by molar-refractivity contribution is 0.155. The summed E-state index contributed by atoms with van der Waals surface area (Å²) in [4.78, 5) is 0. The van der Waals surface area contributed by atoms with Gasteiger partial charge < -0.3 is 10.4 Å². The summed E-state index contributed by atoms with van der Waals surface area (Å²) in [6.07, 6.45) is 5.70. The number of halogens is 2. The minimum Gasteiger partial charge on any atom is -0.391 e. The van der Waals surface area contributed by atoms with E-state index in [4.69, 9.17) is 23.2 Å². The van der Waals surface area contributed by atoms with E-state index in [9.17, 15) is 5.11 Å². The molecule has 2 N–H and O–H groups in total. The van der Waals surface area contributed by atoms with Crippen LogP contribution < -0.4 is 5.32 Å². The summed E-state index contributed by atoms with van der Waals surface area (Å²) in [6, 6.07) is 5.47. The predicted octanol–water partition coefficient (Wildman–Crippen LogP) is 4.35. The van der Waals surface area contributed by atoms with Gasteiger partial charge in [-0.1, -0.05) is 55.0 Å². The molecule has 0 aliphatic heterocycles. The molecule has 100 valence electrons. The first-order valence-corrected chi connectivity index (χ1v) is 7.28. The van der Waals surface area contributed by atoms with E-state index in [1.165, 1.54) is 25.7 Å². The maximum atomic E-state index is 9.99. The largest absolute Gasteiger partial charge is 0.391 e. The summed E-state index contributed by atoms with van der Waals surface area (Å²) in [7, 11) is 0. The Balaban J connectivity index is 1.81. The second kappa shape index (κ2) is 6.65. The molecule has 2 nitrogen and oxygen atoms in total. The molecule has 0 aromatic heterocycles. The van der Waals surface area contributed by atoms with Gasteiger partial charge in [0.05, 0.1) is 21.8 Å². The summed E-state index contributed by atoms with van der Waals surface area (Å²) in [6.45, 7) is 0.524. The number of nitrogens with one attached hydrogen (secondary N) is 1. The van der Waals surface area contributed by atoms with Gasteiger partial charge in [0.1, 0.15) is 0 Å². The van der Waals surface area contributed by atoms with Gasteiger partial charge in [0.15, 0.2) is 0 Å². The molecule has 0 bridgehead atoms. The average molecular weight is 288 g/mol. The van der Waals surface area contributed by atoms with E-state index in [0.29, 0.717) is 22.5 Å². The normalized spacial score (nSPS) is 17.9. The van der Waals surface area contributed by atoms with Crippen molar-refractivity contribution in [2.45, 2.75) is 38.2 Å². The molecule has 0 spiro atoms. The van der Waals surface area contributed by atoms with Crippen LogP contribution in [0.4, 0.5) is 5.69 Å². The van der Waals surface area contributed by atoms with Gasteiger partial charge in [-0.2, -0.15) is 0 Å². The topological polar surface area (TPSA) is 32.3 Å². The first kappa shape index (κ1) is 14.0. The summed E-state index contributed by atoms with van der Waals surface area (Å²) >= 11 is 12.0. The third kappa shape index (κ3) is 3.78. The van der Waals surface area contributed by atoms with Crippen LogP contribution in [0.2, 0.25) is 10.0 Å². The lowest BCUT2D eigenvalue weighted by atomic mass is 10.00. The quantitative estimate of drug-likeness (QED) is 0.844.